The van der Waals surface area contributed by atoms with Gasteiger partial charge in [0.25, 0.3) is 0 Å². The summed E-state index contributed by atoms with van der Waals surface area (Å²) in [6.07, 6.45) is 0. The van der Waals surface area contributed by atoms with Gasteiger partial charge in [-0.05, 0) is 36.6 Å². The monoisotopic (exact) mass is 283 g/mol. The highest BCUT2D eigenvalue weighted by atomic mass is 32.1. The smallest absolute Gasteiger partial charge is 0.337 e. The first-order chi connectivity index (χ1) is 9.68. The number of hydrogen-bond acceptors (Lipinski definition) is 2. The zero-order chi connectivity index (χ0) is 14.1. The van der Waals surface area contributed by atoms with E-state index < -0.39 is 5.97 Å². The second-order valence-corrected chi connectivity index (χ2v) is 5.45. The van der Waals surface area contributed by atoms with Gasteiger partial charge in [-0.15, -0.1) is 11.3 Å². The summed E-state index contributed by atoms with van der Waals surface area (Å²) in [6, 6.07) is 15.4. The van der Waals surface area contributed by atoms with Crippen LogP contribution in [0.1, 0.15) is 16.1 Å². The van der Waals surface area contributed by atoms with Gasteiger partial charge >= 0.3 is 5.97 Å². The van der Waals surface area contributed by atoms with E-state index in [0.717, 1.165) is 22.0 Å². The molecule has 20 heavy (non-hydrogen) atoms. The maximum Gasteiger partial charge on any atom is 0.337 e. The van der Waals surface area contributed by atoms with E-state index in [1.54, 1.807) is 17.4 Å². The van der Waals surface area contributed by atoms with Gasteiger partial charge in [0.1, 0.15) is 0 Å². The summed E-state index contributed by atoms with van der Waals surface area (Å²) in [5.74, 6) is -0.897. The van der Waals surface area contributed by atoms with Gasteiger partial charge in [0.15, 0.2) is 0 Å². The second-order valence-electron chi connectivity index (χ2n) is 4.50. The van der Waals surface area contributed by atoms with Crippen LogP contribution in [0.2, 0.25) is 0 Å². The average molecular weight is 283 g/mol. The fourth-order valence-corrected chi connectivity index (χ4v) is 3.14. The zero-order valence-electron chi connectivity index (χ0n) is 10.9. The standard InChI is InChI=1S/C16H13NO2S/c1-11-10-13(16(18)19)15(14-8-5-9-20-14)17(11)12-6-3-2-4-7-12/h2-10H,1H3,(H,18,19). The Morgan fingerprint density at radius 3 is 2.50 bits per heavy atom. The number of hydrogen-bond donors (Lipinski definition) is 1. The molecule has 0 aliphatic heterocycles. The average Bonchev–Trinajstić information content (AvgIpc) is 3.06. The number of rotatable bonds is 3. The highest BCUT2D eigenvalue weighted by molar-refractivity contribution is 7.13. The van der Waals surface area contributed by atoms with E-state index in [9.17, 15) is 9.90 Å². The molecule has 3 nitrogen and oxygen atoms in total. The van der Waals surface area contributed by atoms with Crippen LogP contribution in [-0.4, -0.2) is 15.6 Å². The van der Waals surface area contributed by atoms with Crippen molar-refractivity contribution in [2.24, 2.45) is 0 Å². The minimum Gasteiger partial charge on any atom is -0.478 e. The summed E-state index contributed by atoms with van der Waals surface area (Å²) < 4.78 is 2.00. The lowest BCUT2D eigenvalue weighted by atomic mass is 10.2. The molecule has 0 radical (unpaired) electrons. The highest BCUT2D eigenvalue weighted by Crippen LogP contribution is 2.33. The van der Waals surface area contributed by atoms with E-state index in [1.807, 2.05) is 59.3 Å². The lowest BCUT2D eigenvalue weighted by Crippen LogP contribution is -2.01. The van der Waals surface area contributed by atoms with Crippen molar-refractivity contribution in [2.75, 3.05) is 0 Å². The lowest BCUT2D eigenvalue weighted by Gasteiger charge is -2.11. The molecule has 0 spiro atoms. The third kappa shape index (κ3) is 2.04. The van der Waals surface area contributed by atoms with Gasteiger partial charge in [0.05, 0.1) is 16.1 Å². The van der Waals surface area contributed by atoms with Crippen molar-refractivity contribution in [3.63, 3.8) is 0 Å². The molecule has 0 amide bonds. The van der Waals surface area contributed by atoms with Crippen LogP contribution >= 0.6 is 11.3 Å². The minimum absolute atomic E-state index is 0.341. The Morgan fingerprint density at radius 1 is 1.15 bits per heavy atom. The molecule has 0 saturated heterocycles. The molecule has 3 rings (SSSR count). The number of nitrogens with zero attached hydrogens (tertiary/aromatic N) is 1. The number of carbonyl (C=O) groups is 1. The molecule has 0 aliphatic rings. The molecular weight excluding hydrogens is 270 g/mol. The third-order valence-corrected chi connectivity index (χ3v) is 4.06. The summed E-state index contributed by atoms with van der Waals surface area (Å²) in [7, 11) is 0. The Kier molecular flexibility index (Phi) is 3.16. The van der Waals surface area contributed by atoms with Crippen LogP contribution in [0, 0.1) is 6.92 Å². The van der Waals surface area contributed by atoms with Gasteiger partial charge < -0.3 is 9.67 Å². The van der Waals surface area contributed by atoms with Crippen molar-refractivity contribution in [2.45, 2.75) is 6.92 Å². The van der Waals surface area contributed by atoms with Gasteiger partial charge in [0.2, 0.25) is 0 Å². The molecule has 2 heterocycles. The predicted molar refractivity (Wildman–Crippen MR) is 80.8 cm³/mol. The summed E-state index contributed by atoms with van der Waals surface area (Å²) in [6.45, 7) is 1.93. The SMILES string of the molecule is Cc1cc(C(=O)O)c(-c2cccs2)n1-c1ccccc1. The van der Waals surface area contributed by atoms with Crippen molar-refractivity contribution in [3.8, 4) is 16.3 Å². The largest absolute Gasteiger partial charge is 0.478 e. The van der Waals surface area contributed by atoms with Crippen LogP contribution in [-0.2, 0) is 0 Å². The van der Waals surface area contributed by atoms with Crippen LogP contribution in [0.15, 0.2) is 53.9 Å². The summed E-state index contributed by atoms with van der Waals surface area (Å²) in [5.41, 5.74) is 2.97. The number of aryl methyl sites for hydroxylation is 1. The van der Waals surface area contributed by atoms with E-state index in [0.29, 0.717) is 5.56 Å². The molecule has 3 aromatic rings. The van der Waals surface area contributed by atoms with Crippen molar-refractivity contribution in [1.82, 2.24) is 4.57 Å². The van der Waals surface area contributed by atoms with E-state index in [-0.39, 0.29) is 0 Å². The third-order valence-electron chi connectivity index (χ3n) is 3.18. The molecule has 0 saturated carbocycles. The van der Waals surface area contributed by atoms with E-state index >= 15 is 0 Å². The molecule has 0 fully saturated rings. The molecule has 4 heteroatoms. The summed E-state index contributed by atoms with van der Waals surface area (Å²) in [5, 5.41) is 11.4. The first kappa shape index (κ1) is 12.7. The number of carboxylic acids is 1. The number of carboxylic acid groups (broad SMARTS) is 1. The molecule has 1 N–H and O–H groups in total. The van der Waals surface area contributed by atoms with Crippen molar-refractivity contribution >= 4 is 17.3 Å². The highest BCUT2D eigenvalue weighted by Gasteiger charge is 2.20. The van der Waals surface area contributed by atoms with E-state index in [4.69, 9.17) is 0 Å². The molecule has 100 valence electrons. The quantitative estimate of drug-likeness (QED) is 0.782. The molecule has 1 aromatic carbocycles. The first-order valence-electron chi connectivity index (χ1n) is 6.23. The number of aromatic nitrogens is 1. The summed E-state index contributed by atoms with van der Waals surface area (Å²) >= 11 is 1.55. The number of benzene rings is 1. The Hall–Kier alpha value is -2.33. The normalized spacial score (nSPS) is 10.7. The predicted octanol–water partition coefficient (Wildman–Crippen LogP) is 4.21. The fraction of sp³-hybridized carbons (Fsp3) is 0.0625. The fourth-order valence-electron chi connectivity index (χ4n) is 2.37. The molecule has 0 atom stereocenters. The number of aromatic carboxylic acids is 1. The maximum absolute atomic E-state index is 11.5. The maximum atomic E-state index is 11.5. The first-order valence-corrected chi connectivity index (χ1v) is 7.11. The van der Waals surface area contributed by atoms with Gasteiger partial charge in [-0.3, -0.25) is 0 Å². The Balaban J connectivity index is 2.32. The minimum atomic E-state index is -0.897. The Morgan fingerprint density at radius 2 is 1.90 bits per heavy atom. The molecule has 0 bridgehead atoms. The van der Waals surface area contributed by atoms with Gasteiger partial charge in [-0.25, -0.2) is 4.79 Å². The number of thiophene rings is 1. The Labute approximate surface area is 120 Å². The molecule has 0 aliphatic carbocycles. The van der Waals surface area contributed by atoms with Gasteiger partial charge in [-0.1, -0.05) is 24.3 Å². The van der Waals surface area contributed by atoms with Crippen molar-refractivity contribution < 1.29 is 9.90 Å². The molecule has 0 unspecified atom stereocenters. The molecule has 2 aromatic heterocycles. The van der Waals surface area contributed by atoms with Gasteiger partial charge in [0, 0.05) is 11.4 Å². The lowest BCUT2D eigenvalue weighted by molar-refractivity contribution is 0.0698. The van der Waals surface area contributed by atoms with E-state index in [2.05, 4.69) is 0 Å². The molecular formula is C16H13NO2S. The van der Waals surface area contributed by atoms with Crippen molar-refractivity contribution in [3.05, 3.63) is 65.2 Å². The van der Waals surface area contributed by atoms with Crippen LogP contribution in [0.5, 0.6) is 0 Å². The van der Waals surface area contributed by atoms with Crippen LogP contribution in [0.4, 0.5) is 0 Å². The second kappa shape index (κ2) is 4.98. The van der Waals surface area contributed by atoms with E-state index in [1.165, 1.54) is 0 Å². The van der Waals surface area contributed by atoms with Crippen molar-refractivity contribution in [1.29, 1.82) is 0 Å². The topological polar surface area (TPSA) is 42.2 Å². The van der Waals surface area contributed by atoms with Crippen LogP contribution < -0.4 is 0 Å². The number of para-hydroxylation sites is 1. The summed E-state index contributed by atoms with van der Waals surface area (Å²) in [4.78, 5) is 12.5. The zero-order valence-corrected chi connectivity index (χ0v) is 11.7. The van der Waals surface area contributed by atoms with Gasteiger partial charge in [-0.2, -0.15) is 0 Å². The van der Waals surface area contributed by atoms with Crippen LogP contribution in [0.3, 0.4) is 0 Å². The Bertz CT molecular complexity index is 742. The van der Waals surface area contributed by atoms with Crippen LogP contribution in [0.25, 0.3) is 16.3 Å².